The van der Waals surface area contributed by atoms with E-state index in [1.165, 1.54) is 4.31 Å². The number of hydrogen-bond donors (Lipinski definition) is 2. The number of β-amino-alcohol motifs (C(OH)–C–C–N with tert-alkyl or cyclic N) is 1. The quantitative estimate of drug-likeness (QED) is 0.453. The largest absolute Gasteiger partial charge is 0.508 e. The number of rotatable bonds is 10. The summed E-state index contributed by atoms with van der Waals surface area (Å²) >= 11 is 0. The van der Waals surface area contributed by atoms with Crippen LogP contribution in [0.1, 0.15) is 42.9 Å². The number of ether oxygens (including phenoxy) is 2. The lowest BCUT2D eigenvalue weighted by Crippen LogP contribution is -2.55. The van der Waals surface area contributed by atoms with Gasteiger partial charge in [-0.3, -0.25) is 4.90 Å². The monoisotopic (exact) mass is 532 g/mol. The van der Waals surface area contributed by atoms with Crippen LogP contribution in [0.5, 0.6) is 11.5 Å². The highest BCUT2D eigenvalue weighted by molar-refractivity contribution is 7.89. The summed E-state index contributed by atoms with van der Waals surface area (Å²) in [5.41, 5.74) is 2.07. The number of nitrogens with zero attached hydrogens (tertiary/aromatic N) is 2. The van der Waals surface area contributed by atoms with Gasteiger partial charge in [-0.15, -0.1) is 0 Å². The van der Waals surface area contributed by atoms with Crippen molar-refractivity contribution in [1.29, 1.82) is 0 Å². The molecule has 2 N–H and O–H groups in total. The average molecular weight is 533 g/mol. The van der Waals surface area contributed by atoms with Gasteiger partial charge in [0.15, 0.2) is 0 Å². The maximum Gasteiger partial charge on any atom is 0.243 e. The second kappa shape index (κ2) is 11.7. The number of phenolic OH excluding ortho intramolecular Hbond substituents is 1. The van der Waals surface area contributed by atoms with E-state index in [4.69, 9.17) is 9.47 Å². The Morgan fingerprint density at radius 3 is 2.68 bits per heavy atom. The molecule has 2 heterocycles. The molecule has 2 aliphatic heterocycles. The van der Waals surface area contributed by atoms with Crippen LogP contribution in [0, 0.1) is 13.8 Å². The molecule has 4 rings (SSSR count). The molecular weight excluding hydrogens is 492 g/mol. The summed E-state index contributed by atoms with van der Waals surface area (Å²) in [6.45, 7) is 8.28. The van der Waals surface area contributed by atoms with Crippen LogP contribution in [0.25, 0.3) is 0 Å². The minimum atomic E-state index is -3.81. The Kier molecular flexibility index (Phi) is 8.81. The highest BCUT2D eigenvalue weighted by atomic mass is 32.2. The van der Waals surface area contributed by atoms with Gasteiger partial charge in [0, 0.05) is 32.8 Å². The lowest BCUT2D eigenvalue weighted by Gasteiger charge is -2.46. The van der Waals surface area contributed by atoms with E-state index >= 15 is 0 Å². The van der Waals surface area contributed by atoms with E-state index < -0.39 is 16.1 Å². The minimum absolute atomic E-state index is 0.00432. The molecule has 2 atom stereocenters. The minimum Gasteiger partial charge on any atom is -0.508 e. The number of piperidine rings is 1. The number of fused-ring (bicyclic) bond motifs is 1. The van der Waals surface area contributed by atoms with Crippen LogP contribution in [0.2, 0.25) is 0 Å². The Bertz CT molecular complexity index is 1170. The van der Waals surface area contributed by atoms with Crippen molar-refractivity contribution >= 4 is 10.0 Å². The van der Waals surface area contributed by atoms with Crippen molar-refractivity contribution in [2.75, 3.05) is 45.9 Å². The van der Waals surface area contributed by atoms with Gasteiger partial charge in [0.05, 0.1) is 17.6 Å². The van der Waals surface area contributed by atoms with Crippen molar-refractivity contribution in [3.63, 3.8) is 0 Å². The van der Waals surface area contributed by atoms with Crippen molar-refractivity contribution in [3.05, 3.63) is 53.1 Å². The molecule has 0 amide bonds. The van der Waals surface area contributed by atoms with Crippen LogP contribution in [0.3, 0.4) is 0 Å². The Balaban J connectivity index is 1.45. The normalized spacial score (nSPS) is 21.1. The maximum atomic E-state index is 13.7. The zero-order valence-corrected chi connectivity index (χ0v) is 23.0. The van der Waals surface area contributed by atoms with Crippen LogP contribution in [0.15, 0.2) is 41.3 Å². The van der Waals surface area contributed by atoms with E-state index in [0.29, 0.717) is 35.7 Å². The van der Waals surface area contributed by atoms with Gasteiger partial charge in [-0.2, -0.15) is 4.31 Å². The summed E-state index contributed by atoms with van der Waals surface area (Å²) in [5.74, 6) is 1.06. The standard InChI is InChI=1S/C28H40N2O6S/c1-4-35-16-15-30(37(33,34)27-21(2)7-5-8-22(27)3)19-25(32)18-29-14-6-12-28(20-29)13-11-23-17-24(31)9-10-26(23)36-28/h5,7-10,17,25,31-32H,4,6,11-16,18-20H2,1-3H3/t25-,28?/m0/s1. The summed E-state index contributed by atoms with van der Waals surface area (Å²) in [4.78, 5) is 2.49. The number of hydrogen-bond acceptors (Lipinski definition) is 7. The lowest BCUT2D eigenvalue weighted by molar-refractivity contribution is -0.0365. The van der Waals surface area contributed by atoms with Crippen LogP contribution in [-0.2, 0) is 21.2 Å². The molecule has 1 spiro atoms. The molecule has 1 unspecified atom stereocenters. The topological polar surface area (TPSA) is 99.5 Å². The Hall–Kier alpha value is -2.17. The van der Waals surface area contributed by atoms with Gasteiger partial charge in [-0.05, 0) is 87.9 Å². The smallest absolute Gasteiger partial charge is 0.243 e. The van der Waals surface area contributed by atoms with Crippen molar-refractivity contribution in [3.8, 4) is 11.5 Å². The number of phenols is 1. The molecule has 0 aromatic heterocycles. The van der Waals surface area contributed by atoms with Gasteiger partial charge in [0.2, 0.25) is 10.0 Å². The fourth-order valence-electron chi connectivity index (χ4n) is 5.69. The molecule has 2 aromatic carbocycles. The average Bonchev–Trinajstić information content (AvgIpc) is 2.83. The molecule has 9 heteroatoms. The first-order valence-corrected chi connectivity index (χ1v) is 14.6. The first kappa shape index (κ1) is 27.9. The lowest BCUT2D eigenvalue weighted by atomic mass is 9.84. The molecule has 8 nitrogen and oxygen atoms in total. The van der Waals surface area contributed by atoms with Crippen molar-refractivity contribution in [2.24, 2.45) is 0 Å². The molecule has 204 valence electrons. The van der Waals surface area contributed by atoms with E-state index in [9.17, 15) is 18.6 Å². The van der Waals surface area contributed by atoms with E-state index in [1.54, 1.807) is 38.1 Å². The van der Waals surface area contributed by atoms with E-state index in [0.717, 1.165) is 43.5 Å². The Morgan fingerprint density at radius 2 is 1.95 bits per heavy atom. The third-order valence-electron chi connectivity index (χ3n) is 7.42. The number of aliphatic hydroxyl groups is 1. The van der Waals surface area contributed by atoms with Crippen LogP contribution < -0.4 is 4.74 Å². The third kappa shape index (κ3) is 6.46. The SMILES string of the molecule is CCOCCN(C[C@@H](O)CN1CCCC2(CCc3cc(O)ccc3O2)C1)S(=O)(=O)c1c(C)cccc1C. The molecule has 0 bridgehead atoms. The van der Waals surface area contributed by atoms with Crippen molar-refractivity contribution < 1.29 is 28.1 Å². The third-order valence-corrected chi connectivity index (χ3v) is 9.59. The Labute approximate surface area is 220 Å². The van der Waals surface area contributed by atoms with E-state index in [2.05, 4.69) is 4.90 Å². The molecule has 37 heavy (non-hydrogen) atoms. The molecule has 2 aliphatic rings. The summed E-state index contributed by atoms with van der Waals surface area (Å²) in [6, 6.07) is 10.7. The van der Waals surface area contributed by atoms with Gasteiger partial charge in [-0.25, -0.2) is 8.42 Å². The number of sulfonamides is 1. The van der Waals surface area contributed by atoms with Crippen LogP contribution >= 0.6 is 0 Å². The van der Waals surface area contributed by atoms with Gasteiger partial charge in [-0.1, -0.05) is 18.2 Å². The first-order chi connectivity index (χ1) is 17.6. The van der Waals surface area contributed by atoms with Crippen LogP contribution in [-0.4, -0.2) is 85.5 Å². The predicted molar refractivity (Wildman–Crippen MR) is 143 cm³/mol. The number of aliphatic hydroxyl groups excluding tert-OH is 1. The van der Waals surface area contributed by atoms with Gasteiger partial charge < -0.3 is 19.7 Å². The zero-order chi connectivity index (χ0) is 26.6. The van der Waals surface area contributed by atoms with E-state index in [-0.39, 0.29) is 31.0 Å². The molecule has 0 saturated carbocycles. The highest BCUT2D eigenvalue weighted by Crippen LogP contribution is 2.39. The first-order valence-electron chi connectivity index (χ1n) is 13.2. The molecular formula is C28H40N2O6S. The molecule has 1 fully saturated rings. The van der Waals surface area contributed by atoms with Gasteiger partial charge >= 0.3 is 0 Å². The molecule has 1 saturated heterocycles. The van der Waals surface area contributed by atoms with Crippen molar-refractivity contribution in [2.45, 2.75) is 63.1 Å². The summed E-state index contributed by atoms with van der Waals surface area (Å²) < 4.78 is 40.7. The fourth-order valence-corrected chi connectivity index (χ4v) is 7.58. The van der Waals surface area contributed by atoms with Gasteiger partial charge in [0.25, 0.3) is 0 Å². The number of likely N-dealkylation sites (tertiary alicyclic amines) is 1. The molecule has 0 radical (unpaired) electrons. The highest BCUT2D eigenvalue weighted by Gasteiger charge is 2.41. The van der Waals surface area contributed by atoms with Gasteiger partial charge in [0.1, 0.15) is 17.1 Å². The molecule has 0 aliphatic carbocycles. The fraction of sp³-hybridized carbons (Fsp3) is 0.571. The molecule has 2 aromatic rings. The number of aromatic hydroxyl groups is 1. The number of benzene rings is 2. The second-order valence-electron chi connectivity index (χ2n) is 10.4. The van der Waals surface area contributed by atoms with Crippen molar-refractivity contribution in [1.82, 2.24) is 9.21 Å². The number of aryl methyl sites for hydroxylation is 3. The maximum absolute atomic E-state index is 13.7. The summed E-state index contributed by atoms with van der Waals surface area (Å²) in [6.07, 6.45) is 2.69. The van der Waals surface area contributed by atoms with E-state index in [1.807, 2.05) is 19.1 Å². The van der Waals surface area contributed by atoms with Crippen LogP contribution in [0.4, 0.5) is 0 Å². The second-order valence-corrected chi connectivity index (χ2v) is 12.2. The zero-order valence-electron chi connectivity index (χ0n) is 22.1. The summed E-state index contributed by atoms with van der Waals surface area (Å²) in [5, 5.41) is 20.9. The predicted octanol–water partition coefficient (Wildman–Crippen LogP) is 3.26. The summed E-state index contributed by atoms with van der Waals surface area (Å²) in [7, 11) is -3.81. The Morgan fingerprint density at radius 1 is 1.19 bits per heavy atom.